The summed E-state index contributed by atoms with van der Waals surface area (Å²) in [5.41, 5.74) is 1.43. The van der Waals surface area contributed by atoms with E-state index in [0.717, 1.165) is 10.6 Å². The minimum atomic E-state index is -0.272. The van der Waals surface area contributed by atoms with Crippen LogP contribution in [-0.2, 0) is 5.75 Å². The minimum absolute atomic E-state index is 0.262. The molecule has 0 atom stereocenters. The lowest BCUT2D eigenvalue weighted by atomic mass is 10.2. The second kappa shape index (κ2) is 8.37. The van der Waals surface area contributed by atoms with E-state index in [-0.39, 0.29) is 17.6 Å². The summed E-state index contributed by atoms with van der Waals surface area (Å²) in [6.45, 7) is 4.05. The van der Waals surface area contributed by atoms with E-state index in [1.807, 2.05) is 13.8 Å². The number of carbonyl (C=O) groups is 1. The molecule has 134 valence electrons. The van der Waals surface area contributed by atoms with Crippen LogP contribution in [0.1, 0.15) is 40.7 Å². The Labute approximate surface area is 159 Å². The maximum Gasteiger partial charge on any atom is 0.260 e. The molecule has 0 unspecified atom stereocenters. The number of aromatic nitrogens is 3. The van der Waals surface area contributed by atoms with Gasteiger partial charge in [-0.15, -0.1) is 22.0 Å². The van der Waals surface area contributed by atoms with Gasteiger partial charge in [0.05, 0.1) is 5.56 Å². The number of amides is 1. The number of pyridine rings is 1. The second-order valence-electron chi connectivity index (χ2n) is 5.83. The monoisotopic (exact) mass is 388 g/mol. The van der Waals surface area contributed by atoms with Crippen molar-refractivity contribution < 1.29 is 9.18 Å². The number of thioether (sulfide) groups is 1. The highest BCUT2D eigenvalue weighted by atomic mass is 32.2. The van der Waals surface area contributed by atoms with Crippen LogP contribution in [0.15, 0.2) is 47.6 Å². The highest BCUT2D eigenvalue weighted by molar-refractivity contribution is 7.98. The van der Waals surface area contributed by atoms with Crippen molar-refractivity contribution in [1.29, 1.82) is 0 Å². The van der Waals surface area contributed by atoms with E-state index in [2.05, 4.69) is 20.5 Å². The van der Waals surface area contributed by atoms with Crippen molar-refractivity contribution in [2.75, 3.05) is 5.32 Å². The van der Waals surface area contributed by atoms with Gasteiger partial charge in [0.25, 0.3) is 5.91 Å². The number of carbonyl (C=O) groups excluding carboxylic acids is 1. The van der Waals surface area contributed by atoms with E-state index < -0.39 is 0 Å². The molecule has 0 radical (unpaired) electrons. The maximum absolute atomic E-state index is 13.0. The molecule has 0 fully saturated rings. The van der Waals surface area contributed by atoms with Crippen LogP contribution in [0.2, 0.25) is 0 Å². The van der Waals surface area contributed by atoms with Gasteiger partial charge in [0, 0.05) is 17.9 Å². The lowest BCUT2D eigenvalue weighted by molar-refractivity contribution is 0.102. The van der Waals surface area contributed by atoms with Crippen molar-refractivity contribution in [3.8, 4) is 0 Å². The SMILES string of the molecule is CC(C)c1nnc(NC(=O)c2cccnc2SCc2ccc(F)cc2)s1. The van der Waals surface area contributed by atoms with Crippen LogP contribution >= 0.6 is 23.1 Å². The minimum Gasteiger partial charge on any atom is -0.296 e. The van der Waals surface area contributed by atoms with Gasteiger partial charge in [0.15, 0.2) is 0 Å². The number of halogens is 1. The van der Waals surface area contributed by atoms with Crippen LogP contribution in [0.25, 0.3) is 0 Å². The zero-order chi connectivity index (χ0) is 18.5. The van der Waals surface area contributed by atoms with E-state index in [1.165, 1.54) is 35.2 Å². The fourth-order valence-corrected chi connectivity index (χ4v) is 3.78. The van der Waals surface area contributed by atoms with Gasteiger partial charge in [-0.2, -0.15) is 0 Å². The molecule has 0 bridgehead atoms. The van der Waals surface area contributed by atoms with Crippen LogP contribution in [0.4, 0.5) is 9.52 Å². The third-order valence-corrected chi connectivity index (χ3v) is 5.68. The average Bonchev–Trinajstić information content (AvgIpc) is 3.10. The first-order valence-electron chi connectivity index (χ1n) is 8.00. The van der Waals surface area contributed by atoms with Gasteiger partial charge in [-0.3, -0.25) is 10.1 Å². The lowest BCUT2D eigenvalue weighted by Gasteiger charge is -2.07. The molecule has 0 aliphatic carbocycles. The quantitative estimate of drug-likeness (QED) is 0.618. The number of benzene rings is 1. The van der Waals surface area contributed by atoms with Gasteiger partial charge >= 0.3 is 0 Å². The second-order valence-corrected chi connectivity index (χ2v) is 7.80. The number of nitrogens with zero attached hydrogens (tertiary/aromatic N) is 3. The van der Waals surface area contributed by atoms with Crippen LogP contribution in [-0.4, -0.2) is 21.1 Å². The molecule has 3 rings (SSSR count). The Hall–Kier alpha value is -2.32. The molecule has 3 aromatic rings. The number of nitrogens with one attached hydrogen (secondary N) is 1. The molecule has 0 saturated carbocycles. The van der Waals surface area contributed by atoms with E-state index in [1.54, 1.807) is 30.5 Å². The molecule has 1 amide bonds. The van der Waals surface area contributed by atoms with Crippen molar-refractivity contribution >= 4 is 34.1 Å². The maximum atomic E-state index is 13.0. The number of hydrogen-bond donors (Lipinski definition) is 1. The van der Waals surface area contributed by atoms with Gasteiger partial charge in [0.2, 0.25) is 5.13 Å². The highest BCUT2D eigenvalue weighted by Crippen LogP contribution is 2.26. The van der Waals surface area contributed by atoms with E-state index in [0.29, 0.717) is 21.5 Å². The van der Waals surface area contributed by atoms with E-state index >= 15 is 0 Å². The van der Waals surface area contributed by atoms with Gasteiger partial charge < -0.3 is 0 Å². The fraction of sp³-hybridized carbons (Fsp3) is 0.222. The Kier molecular flexibility index (Phi) is 5.95. The predicted octanol–water partition coefficient (Wildman–Crippen LogP) is 4.74. The lowest BCUT2D eigenvalue weighted by Crippen LogP contribution is -2.13. The van der Waals surface area contributed by atoms with Crippen LogP contribution in [0.3, 0.4) is 0 Å². The molecule has 1 N–H and O–H groups in total. The van der Waals surface area contributed by atoms with Crippen molar-refractivity contribution in [3.05, 3.63) is 64.5 Å². The molecule has 0 spiro atoms. The summed E-state index contributed by atoms with van der Waals surface area (Å²) in [7, 11) is 0. The molecular formula is C18H17FN4OS2. The van der Waals surface area contributed by atoms with Crippen LogP contribution < -0.4 is 5.32 Å². The van der Waals surface area contributed by atoms with Crippen molar-refractivity contribution in [2.45, 2.75) is 30.5 Å². The van der Waals surface area contributed by atoms with Gasteiger partial charge in [0.1, 0.15) is 15.9 Å². The summed E-state index contributed by atoms with van der Waals surface area (Å²) >= 11 is 2.79. The van der Waals surface area contributed by atoms with Gasteiger partial charge in [-0.1, -0.05) is 37.3 Å². The summed E-state index contributed by atoms with van der Waals surface area (Å²) in [5, 5.41) is 12.8. The Morgan fingerprint density at radius 1 is 1.23 bits per heavy atom. The normalized spacial score (nSPS) is 10.9. The summed E-state index contributed by atoms with van der Waals surface area (Å²) in [6, 6.07) is 9.73. The first kappa shape index (κ1) is 18.5. The Balaban J connectivity index is 1.71. The smallest absolute Gasteiger partial charge is 0.260 e. The average molecular weight is 388 g/mol. The van der Waals surface area contributed by atoms with Crippen molar-refractivity contribution in [2.24, 2.45) is 0 Å². The van der Waals surface area contributed by atoms with Crippen molar-refractivity contribution in [3.63, 3.8) is 0 Å². The summed E-state index contributed by atoms with van der Waals surface area (Å²) < 4.78 is 13.0. The third-order valence-electron chi connectivity index (χ3n) is 3.46. The van der Waals surface area contributed by atoms with Gasteiger partial charge in [-0.05, 0) is 29.8 Å². The number of rotatable bonds is 6. The topological polar surface area (TPSA) is 67.8 Å². The molecule has 2 aromatic heterocycles. The summed E-state index contributed by atoms with van der Waals surface area (Å²) in [5.74, 6) is 0.312. The van der Waals surface area contributed by atoms with E-state index in [4.69, 9.17) is 0 Å². The number of hydrogen-bond acceptors (Lipinski definition) is 6. The number of anilines is 1. The van der Waals surface area contributed by atoms with Crippen LogP contribution in [0.5, 0.6) is 0 Å². The fourth-order valence-electron chi connectivity index (χ4n) is 2.09. The Morgan fingerprint density at radius 2 is 2.00 bits per heavy atom. The largest absolute Gasteiger partial charge is 0.296 e. The highest BCUT2D eigenvalue weighted by Gasteiger charge is 2.16. The predicted molar refractivity (Wildman–Crippen MR) is 102 cm³/mol. The molecule has 0 saturated heterocycles. The molecule has 0 aliphatic rings. The first-order valence-corrected chi connectivity index (χ1v) is 9.80. The molecule has 1 aromatic carbocycles. The van der Waals surface area contributed by atoms with E-state index in [9.17, 15) is 9.18 Å². The summed E-state index contributed by atoms with van der Waals surface area (Å²) in [6.07, 6.45) is 1.64. The van der Waals surface area contributed by atoms with Crippen molar-refractivity contribution in [1.82, 2.24) is 15.2 Å². The first-order chi connectivity index (χ1) is 12.5. The molecular weight excluding hydrogens is 371 g/mol. The zero-order valence-corrected chi connectivity index (χ0v) is 15.9. The van der Waals surface area contributed by atoms with Gasteiger partial charge in [-0.25, -0.2) is 9.37 Å². The Bertz CT molecular complexity index is 896. The molecule has 8 heteroatoms. The molecule has 26 heavy (non-hydrogen) atoms. The molecule has 0 aliphatic heterocycles. The third kappa shape index (κ3) is 4.64. The zero-order valence-electron chi connectivity index (χ0n) is 14.3. The Morgan fingerprint density at radius 3 is 2.69 bits per heavy atom. The standard InChI is InChI=1S/C18H17FN4OS2/c1-11(2)16-22-23-18(26-16)21-15(24)14-4-3-9-20-17(14)25-10-12-5-7-13(19)8-6-12/h3-9,11H,10H2,1-2H3,(H,21,23,24). The molecule has 5 nitrogen and oxygen atoms in total. The summed E-state index contributed by atoms with van der Waals surface area (Å²) in [4.78, 5) is 16.9. The van der Waals surface area contributed by atoms with Crippen LogP contribution in [0, 0.1) is 5.82 Å². The molecule has 2 heterocycles.